The van der Waals surface area contributed by atoms with Crippen LogP contribution in [-0.4, -0.2) is 30.5 Å². The fourth-order valence-corrected chi connectivity index (χ4v) is 7.31. The van der Waals surface area contributed by atoms with Gasteiger partial charge in [-0.25, -0.2) is 4.98 Å². The summed E-state index contributed by atoms with van der Waals surface area (Å²) in [5.74, 6) is 4.62. The number of hydrogen-bond donors (Lipinski definition) is 3. The molecule has 32 heavy (non-hydrogen) atoms. The van der Waals surface area contributed by atoms with Crippen LogP contribution in [0.1, 0.15) is 57.8 Å². The van der Waals surface area contributed by atoms with Crippen molar-refractivity contribution in [3.63, 3.8) is 0 Å². The molecule has 0 spiro atoms. The number of fused-ring (bicyclic) bond motifs is 1. The Kier molecular flexibility index (Phi) is 5.33. The van der Waals surface area contributed by atoms with Crippen molar-refractivity contribution in [1.82, 2.24) is 10.3 Å². The molecule has 1 amide bonds. The van der Waals surface area contributed by atoms with Crippen LogP contribution >= 0.6 is 0 Å². The van der Waals surface area contributed by atoms with Crippen LogP contribution in [0.15, 0.2) is 30.3 Å². The van der Waals surface area contributed by atoms with E-state index in [-0.39, 0.29) is 11.3 Å². The summed E-state index contributed by atoms with van der Waals surface area (Å²) in [5.41, 5.74) is 2.09. The Morgan fingerprint density at radius 2 is 1.72 bits per heavy atom. The highest BCUT2D eigenvalue weighted by Gasteiger charge is 2.51. The van der Waals surface area contributed by atoms with Gasteiger partial charge in [0.1, 0.15) is 5.82 Å². The standard InChI is InChI=1S/C27H36N4O/c32-26(16-27-13-19-10-20(14-27)12-21(11-19)15-27)31-24-3-1-2-23-22(24)6-7-25(30-23)29-9-8-28-17-18-4-5-18/h1-3,6-7,18-21,28H,4-5,8-17H2,(H,29,30)(H,31,32). The van der Waals surface area contributed by atoms with E-state index in [9.17, 15) is 4.79 Å². The molecule has 5 aliphatic carbocycles. The van der Waals surface area contributed by atoms with Gasteiger partial charge in [-0.3, -0.25) is 4.79 Å². The molecule has 0 unspecified atom stereocenters. The highest BCUT2D eigenvalue weighted by Crippen LogP contribution is 2.61. The lowest BCUT2D eigenvalue weighted by atomic mass is 9.49. The first-order valence-corrected chi connectivity index (χ1v) is 12.8. The number of amides is 1. The van der Waals surface area contributed by atoms with E-state index in [4.69, 9.17) is 4.98 Å². The Hall–Kier alpha value is -2.14. The van der Waals surface area contributed by atoms with Gasteiger partial charge in [-0.1, -0.05) is 6.07 Å². The lowest BCUT2D eigenvalue weighted by Crippen LogP contribution is -2.47. The molecule has 5 heteroatoms. The monoisotopic (exact) mass is 432 g/mol. The third kappa shape index (κ3) is 4.36. The third-order valence-electron chi connectivity index (χ3n) is 8.44. The topological polar surface area (TPSA) is 66.0 Å². The predicted octanol–water partition coefficient (Wildman–Crippen LogP) is 5.19. The Balaban J connectivity index is 1.08. The molecule has 0 aliphatic heterocycles. The van der Waals surface area contributed by atoms with Crippen molar-refractivity contribution in [2.75, 3.05) is 30.3 Å². The summed E-state index contributed by atoms with van der Waals surface area (Å²) in [6.07, 6.45) is 11.5. The molecule has 7 rings (SSSR count). The summed E-state index contributed by atoms with van der Waals surface area (Å²) in [4.78, 5) is 17.9. The number of carbonyl (C=O) groups excluding carboxylic acids is 1. The first-order chi connectivity index (χ1) is 15.6. The van der Waals surface area contributed by atoms with Crippen LogP contribution in [0.4, 0.5) is 11.5 Å². The molecular weight excluding hydrogens is 396 g/mol. The van der Waals surface area contributed by atoms with Gasteiger partial charge in [0.2, 0.25) is 5.91 Å². The zero-order chi connectivity index (χ0) is 21.5. The Morgan fingerprint density at radius 1 is 0.969 bits per heavy atom. The fourth-order valence-electron chi connectivity index (χ4n) is 7.31. The number of anilines is 2. The summed E-state index contributed by atoms with van der Waals surface area (Å²) in [6, 6.07) is 10.1. The maximum atomic E-state index is 13.1. The van der Waals surface area contributed by atoms with E-state index in [1.54, 1.807) is 0 Å². The molecule has 1 aromatic carbocycles. The minimum absolute atomic E-state index is 0.184. The highest BCUT2D eigenvalue weighted by atomic mass is 16.1. The van der Waals surface area contributed by atoms with Gasteiger partial charge < -0.3 is 16.0 Å². The summed E-state index contributed by atoms with van der Waals surface area (Å²) in [6.45, 7) is 2.96. The van der Waals surface area contributed by atoms with Crippen molar-refractivity contribution in [1.29, 1.82) is 0 Å². The molecule has 2 aromatic rings. The van der Waals surface area contributed by atoms with Gasteiger partial charge in [0.15, 0.2) is 0 Å². The fraction of sp³-hybridized carbons (Fsp3) is 0.630. The SMILES string of the molecule is O=C(CC12CC3CC(CC(C3)C1)C2)Nc1cccc2nc(NCCNCC3CC3)ccc12. The minimum Gasteiger partial charge on any atom is -0.369 e. The molecule has 5 aliphatic rings. The van der Waals surface area contributed by atoms with Crippen molar-refractivity contribution in [3.8, 4) is 0 Å². The van der Waals surface area contributed by atoms with Crippen molar-refractivity contribution in [3.05, 3.63) is 30.3 Å². The van der Waals surface area contributed by atoms with E-state index in [2.05, 4.69) is 22.0 Å². The van der Waals surface area contributed by atoms with Gasteiger partial charge in [0.05, 0.1) is 11.2 Å². The molecule has 4 bridgehead atoms. The predicted molar refractivity (Wildman–Crippen MR) is 130 cm³/mol. The first-order valence-electron chi connectivity index (χ1n) is 12.8. The number of hydrogen-bond acceptors (Lipinski definition) is 4. The van der Waals surface area contributed by atoms with Gasteiger partial charge in [-0.05, 0) is 111 Å². The molecular formula is C27H36N4O. The Labute approximate surface area is 191 Å². The molecule has 5 nitrogen and oxygen atoms in total. The van der Waals surface area contributed by atoms with Crippen LogP contribution in [0.5, 0.6) is 0 Å². The summed E-state index contributed by atoms with van der Waals surface area (Å²) < 4.78 is 0. The maximum Gasteiger partial charge on any atom is 0.224 e. The second-order valence-electron chi connectivity index (χ2n) is 11.3. The van der Waals surface area contributed by atoms with Crippen molar-refractivity contribution < 1.29 is 4.79 Å². The zero-order valence-electron chi connectivity index (χ0n) is 19.0. The van der Waals surface area contributed by atoms with E-state index in [0.717, 1.165) is 65.7 Å². The van der Waals surface area contributed by atoms with Gasteiger partial charge in [0.25, 0.3) is 0 Å². The quantitative estimate of drug-likeness (QED) is 0.477. The zero-order valence-corrected chi connectivity index (χ0v) is 19.0. The molecule has 5 fully saturated rings. The third-order valence-corrected chi connectivity index (χ3v) is 8.44. The van der Waals surface area contributed by atoms with Crippen molar-refractivity contribution >= 4 is 28.3 Å². The Bertz CT molecular complexity index is 963. The molecule has 0 radical (unpaired) electrons. The number of carbonyl (C=O) groups is 1. The number of benzene rings is 1. The minimum atomic E-state index is 0.184. The van der Waals surface area contributed by atoms with E-state index in [1.807, 2.05) is 24.3 Å². The van der Waals surface area contributed by atoms with Crippen LogP contribution in [-0.2, 0) is 4.79 Å². The first kappa shape index (κ1) is 20.5. The molecule has 5 saturated carbocycles. The summed E-state index contributed by atoms with van der Waals surface area (Å²) in [5, 5.41) is 11.2. The maximum absolute atomic E-state index is 13.1. The normalized spacial score (nSPS) is 30.6. The molecule has 170 valence electrons. The lowest BCUT2D eigenvalue weighted by molar-refractivity contribution is -0.124. The van der Waals surface area contributed by atoms with Gasteiger partial charge in [-0.15, -0.1) is 0 Å². The molecule has 0 atom stereocenters. The second-order valence-corrected chi connectivity index (χ2v) is 11.3. The molecule has 1 heterocycles. The Morgan fingerprint density at radius 3 is 2.44 bits per heavy atom. The van der Waals surface area contributed by atoms with Crippen LogP contribution < -0.4 is 16.0 Å². The number of pyridine rings is 1. The molecule has 0 saturated heterocycles. The van der Waals surface area contributed by atoms with E-state index >= 15 is 0 Å². The van der Waals surface area contributed by atoms with Crippen LogP contribution in [0.25, 0.3) is 10.9 Å². The summed E-state index contributed by atoms with van der Waals surface area (Å²) >= 11 is 0. The van der Waals surface area contributed by atoms with Gasteiger partial charge >= 0.3 is 0 Å². The average Bonchev–Trinajstić information content (AvgIpc) is 3.56. The average molecular weight is 433 g/mol. The number of aromatic nitrogens is 1. The van der Waals surface area contributed by atoms with Crippen LogP contribution in [0, 0.1) is 29.1 Å². The number of nitrogens with zero attached hydrogens (tertiary/aromatic N) is 1. The summed E-state index contributed by atoms with van der Waals surface area (Å²) in [7, 11) is 0. The van der Waals surface area contributed by atoms with E-state index in [1.165, 1.54) is 51.4 Å². The van der Waals surface area contributed by atoms with Crippen LogP contribution in [0.2, 0.25) is 0 Å². The molecule has 3 N–H and O–H groups in total. The number of rotatable bonds is 9. The van der Waals surface area contributed by atoms with Gasteiger partial charge in [0, 0.05) is 24.9 Å². The number of nitrogens with one attached hydrogen (secondary N) is 3. The smallest absolute Gasteiger partial charge is 0.224 e. The highest BCUT2D eigenvalue weighted by molar-refractivity contribution is 6.01. The van der Waals surface area contributed by atoms with Crippen molar-refractivity contribution in [2.45, 2.75) is 57.8 Å². The van der Waals surface area contributed by atoms with Gasteiger partial charge in [-0.2, -0.15) is 0 Å². The van der Waals surface area contributed by atoms with E-state index < -0.39 is 0 Å². The second kappa shape index (κ2) is 8.33. The van der Waals surface area contributed by atoms with Crippen molar-refractivity contribution in [2.24, 2.45) is 29.1 Å². The van der Waals surface area contributed by atoms with Crippen LogP contribution in [0.3, 0.4) is 0 Å². The lowest BCUT2D eigenvalue weighted by Gasteiger charge is -2.56. The largest absolute Gasteiger partial charge is 0.369 e. The van der Waals surface area contributed by atoms with E-state index in [0.29, 0.717) is 6.42 Å². The molecule has 1 aromatic heterocycles.